The van der Waals surface area contributed by atoms with Gasteiger partial charge < -0.3 is 15.4 Å². The second-order valence-electron chi connectivity index (χ2n) is 4.84. The smallest absolute Gasteiger partial charge is 0.237 e. The fraction of sp³-hybridized carbons (Fsp3) is 0.200. The number of nitrogens with zero attached hydrogens (tertiary/aromatic N) is 3. The van der Waals surface area contributed by atoms with Crippen LogP contribution in [0.1, 0.15) is 12.6 Å². The molecule has 0 saturated carbocycles. The molecule has 24 heavy (non-hydrogen) atoms. The molecule has 0 saturated heterocycles. The molecule has 0 bridgehead atoms. The number of hydrogen-bond acceptors (Lipinski definition) is 8. The number of carbonyl (C=O) groups excluding carboxylic acids is 1. The van der Waals surface area contributed by atoms with E-state index in [1.807, 2.05) is 24.4 Å². The molecular weight excluding hydrogens is 346 g/mol. The summed E-state index contributed by atoms with van der Waals surface area (Å²) < 4.78 is 5.22. The summed E-state index contributed by atoms with van der Waals surface area (Å²) in [5.41, 5.74) is 2.40. The number of nitrogens with one attached hydrogen (secondary N) is 2. The minimum atomic E-state index is -0.139. The summed E-state index contributed by atoms with van der Waals surface area (Å²) in [5, 5.41) is 9.16. The Hall–Kier alpha value is -2.52. The standard InChI is InChI=1S/C15H15N5O2S2/c1-8-12(24-15(17-8)18-9(2)21)11-7-23-14(20-11)19-10-5-4-6-16-13(10)22-3/h4-7H,1-3H3,(H,19,20)(H,17,18,21). The first-order valence-corrected chi connectivity index (χ1v) is 8.73. The lowest BCUT2D eigenvalue weighted by Gasteiger charge is -2.06. The van der Waals surface area contributed by atoms with Gasteiger partial charge in [-0.05, 0) is 19.1 Å². The quantitative estimate of drug-likeness (QED) is 0.720. The van der Waals surface area contributed by atoms with E-state index in [2.05, 4.69) is 25.6 Å². The van der Waals surface area contributed by atoms with Crippen molar-refractivity contribution in [1.29, 1.82) is 0 Å². The van der Waals surface area contributed by atoms with E-state index in [9.17, 15) is 4.79 Å². The maximum atomic E-state index is 11.2. The lowest BCUT2D eigenvalue weighted by atomic mass is 10.3. The predicted octanol–water partition coefficient (Wildman–Crippen LogP) is 3.68. The highest BCUT2D eigenvalue weighted by molar-refractivity contribution is 7.20. The van der Waals surface area contributed by atoms with Gasteiger partial charge in [-0.1, -0.05) is 11.3 Å². The first-order chi connectivity index (χ1) is 11.6. The highest BCUT2D eigenvalue weighted by Crippen LogP contribution is 2.35. The Morgan fingerprint density at radius 3 is 2.88 bits per heavy atom. The third-order valence-corrected chi connectivity index (χ3v) is 4.88. The molecule has 0 aliphatic heterocycles. The van der Waals surface area contributed by atoms with Crippen LogP contribution in [-0.2, 0) is 4.79 Å². The summed E-state index contributed by atoms with van der Waals surface area (Å²) in [6, 6.07) is 3.70. The van der Waals surface area contributed by atoms with Gasteiger partial charge in [0.2, 0.25) is 11.8 Å². The Morgan fingerprint density at radius 2 is 2.12 bits per heavy atom. The third-order valence-electron chi connectivity index (χ3n) is 3.02. The molecule has 0 fully saturated rings. The largest absolute Gasteiger partial charge is 0.480 e. The second-order valence-corrected chi connectivity index (χ2v) is 6.70. The topological polar surface area (TPSA) is 89.0 Å². The van der Waals surface area contributed by atoms with Crippen LogP contribution < -0.4 is 15.4 Å². The SMILES string of the molecule is COc1ncccc1Nc1nc(-c2sc(NC(C)=O)nc2C)cs1. The van der Waals surface area contributed by atoms with Gasteiger partial charge in [-0.25, -0.2) is 15.0 Å². The molecule has 3 heterocycles. The summed E-state index contributed by atoms with van der Waals surface area (Å²) in [4.78, 5) is 25.2. The van der Waals surface area contributed by atoms with Gasteiger partial charge in [0.25, 0.3) is 0 Å². The van der Waals surface area contributed by atoms with Crippen LogP contribution in [0, 0.1) is 6.92 Å². The van der Waals surface area contributed by atoms with Crippen LogP contribution in [0.25, 0.3) is 10.6 Å². The molecule has 3 aromatic rings. The molecule has 124 valence electrons. The van der Waals surface area contributed by atoms with Gasteiger partial charge in [-0.3, -0.25) is 4.79 Å². The molecule has 3 rings (SSSR count). The van der Waals surface area contributed by atoms with Crippen LogP contribution in [0.2, 0.25) is 0 Å². The third kappa shape index (κ3) is 3.52. The Labute approximate surface area is 146 Å². The molecule has 0 radical (unpaired) electrons. The number of carbonyl (C=O) groups is 1. The summed E-state index contributed by atoms with van der Waals surface area (Å²) in [7, 11) is 1.57. The van der Waals surface area contributed by atoms with Crippen molar-refractivity contribution < 1.29 is 9.53 Å². The molecule has 1 amide bonds. The second kappa shape index (κ2) is 6.93. The monoisotopic (exact) mass is 361 g/mol. The molecule has 3 aromatic heterocycles. The van der Waals surface area contributed by atoms with Crippen LogP contribution in [0.15, 0.2) is 23.7 Å². The van der Waals surface area contributed by atoms with Gasteiger partial charge >= 0.3 is 0 Å². The van der Waals surface area contributed by atoms with Crippen LogP contribution in [-0.4, -0.2) is 28.0 Å². The van der Waals surface area contributed by atoms with E-state index in [0.717, 1.165) is 27.1 Å². The average Bonchev–Trinajstić information content (AvgIpc) is 3.14. The summed E-state index contributed by atoms with van der Waals surface area (Å²) in [6.07, 6.45) is 1.67. The number of aryl methyl sites for hydroxylation is 1. The molecule has 9 heteroatoms. The van der Waals surface area contributed by atoms with Crippen LogP contribution >= 0.6 is 22.7 Å². The molecular formula is C15H15N5O2S2. The van der Waals surface area contributed by atoms with Gasteiger partial charge in [-0.2, -0.15) is 0 Å². The normalized spacial score (nSPS) is 10.5. The summed E-state index contributed by atoms with van der Waals surface area (Å²) in [6.45, 7) is 3.36. The van der Waals surface area contributed by atoms with E-state index in [1.165, 1.54) is 29.6 Å². The molecule has 0 aliphatic rings. The number of thiazole rings is 2. The minimum absolute atomic E-state index is 0.139. The van der Waals surface area contributed by atoms with Crippen molar-refractivity contribution in [2.24, 2.45) is 0 Å². The molecule has 7 nitrogen and oxygen atoms in total. The van der Waals surface area contributed by atoms with Gasteiger partial charge in [-0.15, -0.1) is 11.3 Å². The first kappa shape index (κ1) is 16.3. The Morgan fingerprint density at radius 1 is 1.29 bits per heavy atom. The molecule has 0 atom stereocenters. The van der Waals surface area contributed by atoms with Gasteiger partial charge in [0.05, 0.1) is 23.4 Å². The zero-order valence-electron chi connectivity index (χ0n) is 13.3. The van der Waals surface area contributed by atoms with E-state index >= 15 is 0 Å². The predicted molar refractivity (Wildman–Crippen MR) is 96.3 cm³/mol. The molecule has 2 N–H and O–H groups in total. The maximum absolute atomic E-state index is 11.2. The zero-order valence-corrected chi connectivity index (χ0v) is 14.9. The fourth-order valence-electron chi connectivity index (χ4n) is 2.04. The number of aromatic nitrogens is 3. The molecule has 0 aromatic carbocycles. The molecule has 0 spiro atoms. The number of ether oxygens (including phenoxy) is 1. The van der Waals surface area contributed by atoms with Crippen molar-refractivity contribution >= 4 is 44.5 Å². The van der Waals surface area contributed by atoms with Gasteiger partial charge in [0.1, 0.15) is 5.69 Å². The Bertz CT molecular complexity index is 874. The molecule has 0 aliphatic carbocycles. The maximum Gasteiger partial charge on any atom is 0.237 e. The number of rotatable bonds is 5. The number of hydrogen-bond donors (Lipinski definition) is 2. The van der Waals surface area contributed by atoms with Crippen molar-refractivity contribution in [2.45, 2.75) is 13.8 Å². The number of pyridine rings is 1. The van der Waals surface area contributed by atoms with Crippen LogP contribution in [0.4, 0.5) is 16.0 Å². The van der Waals surface area contributed by atoms with Crippen molar-refractivity contribution in [1.82, 2.24) is 15.0 Å². The highest BCUT2D eigenvalue weighted by Gasteiger charge is 2.14. The lowest BCUT2D eigenvalue weighted by Crippen LogP contribution is -2.04. The zero-order chi connectivity index (χ0) is 17.1. The average molecular weight is 361 g/mol. The fourth-order valence-corrected chi connectivity index (χ4v) is 3.80. The first-order valence-electron chi connectivity index (χ1n) is 7.03. The molecule has 0 unspecified atom stereocenters. The lowest BCUT2D eigenvalue weighted by molar-refractivity contribution is -0.114. The Kier molecular flexibility index (Phi) is 4.72. The number of anilines is 3. The summed E-state index contributed by atoms with van der Waals surface area (Å²) in [5.74, 6) is 0.371. The minimum Gasteiger partial charge on any atom is -0.480 e. The van der Waals surface area contributed by atoms with E-state index < -0.39 is 0 Å². The van der Waals surface area contributed by atoms with Crippen molar-refractivity contribution in [3.63, 3.8) is 0 Å². The van der Waals surface area contributed by atoms with Crippen molar-refractivity contribution in [2.75, 3.05) is 17.7 Å². The van der Waals surface area contributed by atoms with E-state index in [4.69, 9.17) is 4.74 Å². The number of amides is 1. The number of methoxy groups -OCH3 is 1. The Balaban J connectivity index is 1.83. The van der Waals surface area contributed by atoms with Crippen molar-refractivity contribution in [3.05, 3.63) is 29.4 Å². The van der Waals surface area contributed by atoms with E-state index in [1.54, 1.807) is 13.3 Å². The van der Waals surface area contributed by atoms with Crippen molar-refractivity contribution in [3.8, 4) is 16.5 Å². The van der Waals surface area contributed by atoms with E-state index in [-0.39, 0.29) is 5.91 Å². The highest BCUT2D eigenvalue weighted by atomic mass is 32.1. The van der Waals surface area contributed by atoms with Gasteiger partial charge in [0.15, 0.2) is 10.3 Å². The van der Waals surface area contributed by atoms with Gasteiger partial charge in [0, 0.05) is 18.5 Å². The van der Waals surface area contributed by atoms with Crippen LogP contribution in [0.3, 0.4) is 0 Å². The van der Waals surface area contributed by atoms with E-state index in [0.29, 0.717) is 11.0 Å². The van der Waals surface area contributed by atoms with Crippen LogP contribution in [0.5, 0.6) is 5.88 Å². The summed E-state index contributed by atoms with van der Waals surface area (Å²) >= 11 is 2.88.